The minimum atomic E-state index is -0.507. The van der Waals surface area contributed by atoms with Crippen LogP contribution in [-0.4, -0.2) is 80.0 Å². The van der Waals surface area contributed by atoms with E-state index >= 15 is 0 Å². The first-order valence-electron chi connectivity index (χ1n) is 22.3. The fourth-order valence-electron chi connectivity index (χ4n) is 6.92. The van der Waals surface area contributed by atoms with Crippen molar-refractivity contribution in [2.75, 3.05) is 45.9 Å². The molecule has 0 bridgehead atoms. The number of nitrogens with zero attached hydrogens (tertiary/aromatic N) is 2. The van der Waals surface area contributed by atoms with Crippen LogP contribution < -0.4 is 0 Å². The van der Waals surface area contributed by atoms with Gasteiger partial charge < -0.3 is 19.1 Å². The van der Waals surface area contributed by atoms with Gasteiger partial charge in [0.25, 0.3) is 0 Å². The SMILES string of the molecule is CCCCCCCCCCC(CCCCCCCCC(=O)OCC(CCCC)CCCCCC)OC(=O)OCCN(CCN(CC)CC)C(C)C. The van der Waals surface area contributed by atoms with Gasteiger partial charge in [-0.05, 0) is 77.8 Å². The van der Waals surface area contributed by atoms with Gasteiger partial charge in [0, 0.05) is 32.1 Å². The van der Waals surface area contributed by atoms with E-state index < -0.39 is 6.16 Å². The molecule has 0 aliphatic heterocycles. The van der Waals surface area contributed by atoms with Gasteiger partial charge >= 0.3 is 12.1 Å². The molecule has 0 aromatic carbocycles. The highest BCUT2D eigenvalue weighted by Gasteiger charge is 2.17. The maximum absolute atomic E-state index is 12.8. The van der Waals surface area contributed by atoms with E-state index in [0.717, 1.165) is 90.5 Å². The lowest BCUT2D eigenvalue weighted by Crippen LogP contribution is -2.40. The molecule has 0 saturated carbocycles. The highest BCUT2D eigenvalue weighted by atomic mass is 16.7. The zero-order valence-electron chi connectivity index (χ0n) is 35.3. The smallest absolute Gasteiger partial charge is 0.465 e. The number of ether oxygens (including phenoxy) is 3. The van der Waals surface area contributed by atoms with Crippen LogP contribution in [0, 0.1) is 5.92 Å². The topological polar surface area (TPSA) is 68.3 Å². The molecule has 0 aliphatic rings. The average Bonchev–Trinajstić information content (AvgIpc) is 3.12. The van der Waals surface area contributed by atoms with Crippen LogP contribution in [0.3, 0.4) is 0 Å². The van der Waals surface area contributed by atoms with Crippen molar-refractivity contribution in [2.24, 2.45) is 5.92 Å². The van der Waals surface area contributed by atoms with Gasteiger partial charge in [0.2, 0.25) is 0 Å². The average molecular weight is 725 g/mol. The van der Waals surface area contributed by atoms with Crippen molar-refractivity contribution in [3.8, 4) is 0 Å². The van der Waals surface area contributed by atoms with Crippen molar-refractivity contribution in [1.29, 1.82) is 0 Å². The molecular formula is C44H88N2O5. The highest BCUT2D eigenvalue weighted by molar-refractivity contribution is 5.69. The monoisotopic (exact) mass is 725 g/mol. The molecule has 0 radical (unpaired) electrons. The predicted molar refractivity (Wildman–Crippen MR) is 218 cm³/mol. The van der Waals surface area contributed by atoms with E-state index in [-0.39, 0.29) is 12.1 Å². The van der Waals surface area contributed by atoms with Gasteiger partial charge in [-0.2, -0.15) is 0 Å². The van der Waals surface area contributed by atoms with Crippen molar-refractivity contribution in [1.82, 2.24) is 9.80 Å². The summed E-state index contributed by atoms with van der Waals surface area (Å²) in [4.78, 5) is 30.0. The number of hydrogen-bond acceptors (Lipinski definition) is 7. The van der Waals surface area contributed by atoms with Crippen LogP contribution in [0.15, 0.2) is 0 Å². The zero-order valence-corrected chi connectivity index (χ0v) is 35.3. The molecule has 0 spiro atoms. The Morgan fingerprint density at radius 3 is 1.57 bits per heavy atom. The number of esters is 1. The minimum Gasteiger partial charge on any atom is -0.465 e. The lowest BCUT2D eigenvalue weighted by Gasteiger charge is -2.29. The first kappa shape index (κ1) is 49.7. The molecule has 0 aliphatic carbocycles. The van der Waals surface area contributed by atoms with Crippen LogP contribution >= 0.6 is 0 Å². The molecule has 51 heavy (non-hydrogen) atoms. The number of likely N-dealkylation sites (N-methyl/N-ethyl adjacent to an activating group) is 1. The lowest BCUT2D eigenvalue weighted by molar-refractivity contribution is -0.145. The maximum Gasteiger partial charge on any atom is 0.508 e. The van der Waals surface area contributed by atoms with Crippen molar-refractivity contribution in [2.45, 2.75) is 221 Å². The molecule has 0 aromatic heterocycles. The van der Waals surface area contributed by atoms with Gasteiger partial charge in [-0.1, -0.05) is 144 Å². The Labute approximate surface area is 318 Å². The largest absolute Gasteiger partial charge is 0.508 e. The Kier molecular flexibility index (Phi) is 36.0. The Balaban J connectivity index is 4.49. The molecular weight excluding hydrogens is 636 g/mol. The van der Waals surface area contributed by atoms with E-state index in [1.165, 1.54) is 96.3 Å². The van der Waals surface area contributed by atoms with Gasteiger partial charge in [-0.15, -0.1) is 0 Å². The molecule has 0 N–H and O–H groups in total. The summed E-state index contributed by atoms with van der Waals surface area (Å²) in [6.45, 7) is 21.4. The summed E-state index contributed by atoms with van der Waals surface area (Å²) in [6.07, 6.45) is 28.3. The van der Waals surface area contributed by atoms with Crippen LogP contribution in [0.1, 0.15) is 209 Å². The molecule has 304 valence electrons. The van der Waals surface area contributed by atoms with Crippen molar-refractivity contribution < 1.29 is 23.8 Å². The summed E-state index contributed by atoms with van der Waals surface area (Å²) < 4.78 is 17.2. The summed E-state index contributed by atoms with van der Waals surface area (Å²) in [7, 11) is 0. The summed E-state index contributed by atoms with van der Waals surface area (Å²) >= 11 is 0. The Hall–Kier alpha value is -1.34. The van der Waals surface area contributed by atoms with E-state index in [1.807, 2.05) is 0 Å². The number of hydrogen-bond donors (Lipinski definition) is 0. The number of rotatable bonds is 38. The Morgan fingerprint density at radius 1 is 0.529 bits per heavy atom. The third kappa shape index (κ3) is 31.9. The second-order valence-corrected chi connectivity index (χ2v) is 15.5. The number of carbonyl (C=O) groups excluding carboxylic acids is 2. The predicted octanol–water partition coefficient (Wildman–Crippen LogP) is 12.5. The van der Waals surface area contributed by atoms with Crippen LogP contribution in [0.5, 0.6) is 0 Å². The van der Waals surface area contributed by atoms with E-state index in [1.54, 1.807) is 0 Å². The van der Waals surface area contributed by atoms with Crippen LogP contribution in [0.25, 0.3) is 0 Å². The van der Waals surface area contributed by atoms with Crippen molar-refractivity contribution in [3.05, 3.63) is 0 Å². The Bertz CT molecular complexity index is 760. The third-order valence-corrected chi connectivity index (χ3v) is 10.6. The molecule has 2 atom stereocenters. The number of carbonyl (C=O) groups is 2. The summed E-state index contributed by atoms with van der Waals surface area (Å²) in [5.41, 5.74) is 0. The van der Waals surface area contributed by atoms with Crippen LogP contribution in [-0.2, 0) is 19.0 Å². The molecule has 0 fully saturated rings. The third-order valence-electron chi connectivity index (χ3n) is 10.6. The molecule has 7 nitrogen and oxygen atoms in total. The van der Waals surface area contributed by atoms with E-state index in [4.69, 9.17) is 14.2 Å². The fraction of sp³-hybridized carbons (Fsp3) is 0.955. The summed E-state index contributed by atoms with van der Waals surface area (Å²) in [6, 6.07) is 0.404. The van der Waals surface area contributed by atoms with Gasteiger partial charge in [-0.25, -0.2) is 4.79 Å². The van der Waals surface area contributed by atoms with E-state index in [9.17, 15) is 9.59 Å². The molecule has 0 saturated heterocycles. The minimum absolute atomic E-state index is 0.0190. The lowest BCUT2D eigenvalue weighted by atomic mass is 9.96. The zero-order chi connectivity index (χ0) is 37.8. The second-order valence-electron chi connectivity index (χ2n) is 15.5. The fourth-order valence-corrected chi connectivity index (χ4v) is 6.92. The van der Waals surface area contributed by atoms with Gasteiger partial charge in [-0.3, -0.25) is 9.69 Å². The molecule has 0 rings (SSSR count). The second kappa shape index (κ2) is 37.0. The maximum atomic E-state index is 12.8. The first-order chi connectivity index (χ1) is 24.8. The van der Waals surface area contributed by atoms with Crippen molar-refractivity contribution >= 4 is 12.1 Å². The van der Waals surface area contributed by atoms with Crippen LogP contribution in [0.4, 0.5) is 4.79 Å². The Morgan fingerprint density at radius 2 is 1.02 bits per heavy atom. The van der Waals surface area contributed by atoms with Crippen molar-refractivity contribution in [3.63, 3.8) is 0 Å². The molecule has 0 amide bonds. The van der Waals surface area contributed by atoms with Gasteiger partial charge in [0.1, 0.15) is 12.7 Å². The van der Waals surface area contributed by atoms with E-state index in [2.05, 4.69) is 58.3 Å². The summed E-state index contributed by atoms with van der Waals surface area (Å²) in [5.74, 6) is 0.508. The normalized spacial score (nSPS) is 12.9. The highest BCUT2D eigenvalue weighted by Crippen LogP contribution is 2.20. The standard InChI is InChI=1S/C44H88N2O5/c1-8-13-16-18-19-20-23-27-32-42(51-44(48)49-38-37-46(40(6)7)36-35-45(11-4)12-5)33-28-24-21-22-25-29-34-43(47)50-39-41(30-15-10-3)31-26-17-14-9-2/h40-42H,8-39H2,1-7H3. The molecule has 2 unspecified atom stereocenters. The van der Waals surface area contributed by atoms with Gasteiger partial charge in [0.05, 0.1) is 6.61 Å². The first-order valence-corrected chi connectivity index (χ1v) is 22.3. The molecule has 0 aromatic rings. The molecule has 0 heterocycles. The molecule has 7 heteroatoms. The van der Waals surface area contributed by atoms with Crippen LogP contribution in [0.2, 0.25) is 0 Å². The quantitative estimate of drug-likeness (QED) is 0.0464. The number of unbranched alkanes of at least 4 members (excludes halogenated alkanes) is 16. The van der Waals surface area contributed by atoms with Gasteiger partial charge in [0.15, 0.2) is 0 Å². The van der Waals surface area contributed by atoms with E-state index in [0.29, 0.717) is 31.6 Å². The summed E-state index contributed by atoms with van der Waals surface area (Å²) in [5, 5.41) is 0.